The molecule has 0 unspecified atom stereocenters. The first-order valence-corrected chi connectivity index (χ1v) is 9.61. The summed E-state index contributed by atoms with van der Waals surface area (Å²) in [6.45, 7) is 5.24. The minimum Gasteiger partial charge on any atom is -0.356 e. The van der Waals surface area contributed by atoms with E-state index in [1.54, 1.807) is 6.20 Å². The number of terminal acetylenes is 1. The first kappa shape index (κ1) is 19.2. The summed E-state index contributed by atoms with van der Waals surface area (Å²) in [7, 11) is 0. The molecule has 7 nitrogen and oxygen atoms in total. The van der Waals surface area contributed by atoms with Gasteiger partial charge in [0.2, 0.25) is 5.91 Å². The van der Waals surface area contributed by atoms with E-state index in [4.69, 9.17) is 6.42 Å². The first-order chi connectivity index (χ1) is 13.2. The highest BCUT2D eigenvalue weighted by Gasteiger charge is 2.26. The zero-order valence-electron chi connectivity index (χ0n) is 15.7. The van der Waals surface area contributed by atoms with Gasteiger partial charge in [0.05, 0.1) is 18.7 Å². The van der Waals surface area contributed by atoms with E-state index in [-0.39, 0.29) is 18.4 Å². The number of amides is 2. The van der Waals surface area contributed by atoms with Crippen LogP contribution in [0.15, 0.2) is 18.3 Å². The molecule has 2 saturated heterocycles. The summed E-state index contributed by atoms with van der Waals surface area (Å²) in [6, 6.07) is 3.70. The zero-order chi connectivity index (χ0) is 19.1. The van der Waals surface area contributed by atoms with Crippen molar-refractivity contribution >= 4 is 17.6 Å². The van der Waals surface area contributed by atoms with E-state index >= 15 is 0 Å². The molecular formula is C20H27N5O2. The van der Waals surface area contributed by atoms with Crippen molar-refractivity contribution in [2.75, 3.05) is 57.3 Å². The Morgan fingerprint density at radius 2 is 1.93 bits per heavy atom. The quantitative estimate of drug-likeness (QED) is 0.769. The van der Waals surface area contributed by atoms with E-state index in [9.17, 15) is 9.59 Å². The Kier molecular flexibility index (Phi) is 6.66. The minimum absolute atomic E-state index is 0.0311. The summed E-state index contributed by atoms with van der Waals surface area (Å²) >= 11 is 0. The number of carbonyl (C=O) groups is 2. The van der Waals surface area contributed by atoms with Crippen molar-refractivity contribution in [3.63, 3.8) is 0 Å². The van der Waals surface area contributed by atoms with Crippen LogP contribution in [0.5, 0.6) is 0 Å². The maximum absolute atomic E-state index is 13.1. The minimum atomic E-state index is -0.0729. The topological polar surface area (TPSA) is 68.8 Å². The van der Waals surface area contributed by atoms with Gasteiger partial charge in [0.15, 0.2) is 0 Å². The van der Waals surface area contributed by atoms with Crippen molar-refractivity contribution < 1.29 is 9.59 Å². The van der Waals surface area contributed by atoms with Gasteiger partial charge in [-0.1, -0.05) is 5.92 Å². The monoisotopic (exact) mass is 369 g/mol. The summed E-state index contributed by atoms with van der Waals surface area (Å²) in [6.07, 6.45) is 10.0. The van der Waals surface area contributed by atoms with E-state index in [2.05, 4.69) is 26.0 Å². The molecule has 0 atom stereocenters. The zero-order valence-corrected chi connectivity index (χ0v) is 15.7. The SMILES string of the molecule is C#CCNC(=O)CN1CCCN(C(=O)c2cccnc2N2CCCC2)CC1. The molecule has 1 N–H and O–H groups in total. The molecule has 1 aromatic heterocycles. The lowest BCUT2D eigenvalue weighted by Gasteiger charge is -2.25. The molecule has 3 rings (SSSR count). The highest BCUT2D eigenvalue weighted by molar-refractivity contribution is 5.99. The van der Waals surface area contributed by atoms with Crippen molar-refractivity contribution in [1.82, 2.24) is 20.1 Å². The molecule has 2 fully saturated rings. The largest absolute Gasteiger partial charge is 0.356 e. The first-order valence-electron chi connectivity index (χ1n) is 9.61. The predicted molar refractivity (Wildman–Crippen MR) is 104 cm³/mol. The third-order valence-electron chi connectivity index (χ3n) is 5.05. The molecule has 2 aliphatic heterocycles. The molecule has 144 valence electrons. The predicted octanol–water partition coefficient (Wildman–Crippen LogP) is 0.579. The molecule has 3 heterocycles. The Morgan fingerprint density at radius 1 is 1.11 bits per heavy atom. The van der Waals surface area contributed by atoms with Gasteiger partial charge in [-0.15, -0.1) is 6.42 Å². The fraction of sp³-hybridized carbons (Fsp3) is 0.550. The fourth-order valence-electron chi connectivity index (χ4n) is 3.66. The number of hydrogen-bond donors (Lipinski definition) is 1. The highest BCUT2D eigenvalue weighted by atomic mass is 16.2. The van der Waals surface area contributed by atoms with Gasteiger partial charge in [0, 0.05) is 45.5 Å². The normalized spacial score (nSPS) is 18.0. The maximum Gasteiger partial charge on any atom is 0.257 e. The molecule has 0 saturated carbocycles. The van der Waals surface area contributed by atoms with Crippen LogP contribution in [0.4, 0.5) is 5.82 Å². The van der Waals surface area contributed by atoms with Crippen LogP contribution in [0.2, 0.25) is 0 Å². The second-order valence-electron chi connectivity index (χ2n) is 6.97. The molecule has 2 amide bonds. The standard InChI is InChI=1S/C20H27N5O2/c1-2-8-21-18(26)16-23-10-6-13-25(15-14-23)20(27)17-7-5-9-22-19(17)24-11-3-4-12-24/h1,5,7,9H,3-4,6,8,10-16H2,(H,21,26). The average Bonchev–Trinajstić information content (AvgIpc) is 3.13. The third kappa shape index (κ3) is 4.98. The smallest absolute Gasteiger partial charge is 0.257 e. The van der Waals surface area contributed by atoms with Crippen LogP contribution in [0.1, 0.15) is 29.6 Å². The Hall–Kier alpha value is -2.59. The molecular weight excluding hydrogens is 342 g/mol. The molecule has 0 aliphatic carbocycles. The van der Waals surface area contributed by atoms with E-state index in [0.29, 0.717) is 31.7 Å². The number of pyridine rings is 1. The second-order valence-corrected chi connectivity index (χ2v) is 6.97. The van der Waals surface area contributed by atoms with Crippen LogP contribution < -0.4 is 10.2 Å². The number of nitrogens with zero attached hydrogens (tertiary/aromatic N) is 4. The lowest BCUT2D eigenvalue weighted by atomic mass is 10.2. The molecule has 27 heavy (non-hydrogen) atoms. The highest BCUT2D eigenvalue weighted by Crippen LogP contribution is 2.23. The number of hydrogen-bond acceptors (Lipinski definition) is 5. The Morgan fingerprint density at radius 3 is 2.70 bits per heavy atom. The molecule has 0 radical (unpaired) electrons. The third-order valence-corrected chi connectivity index (χ3v) is 5.05. The van der Waals surface area contributed by atoms with Crippen LogP contribution in [-0.2, 0) is 4.79 Å². The Balaban J connectivity index is 1.62. The van der Waals surface area contributed by atoms with Gasteiger partial charge in [-0.25, -0.2) is 4.98 Å². The van der Waals surface area contributed by atoms with E-state index < -0.39 is 0 Å². The van der Waals surface area contributed by atoms with Crippen LogP contribution in [0.25, 0.3) is 0 Å². The Bertz CT molecular complexity index is 709. The van der Waals surface area contributed by atoms with Gasteiger partial charge >= 0.3 is 0 Å². The van der Waals surface area contributed by atoms with Gasteiger partial charge in [-0.05, 0) is 31.4 Å². The van der Waals surface area contributed by atoms with Crippen molar-refractivity contribution in [3.8, 4) is 12.3 Å². The molecule has 2 aliphatic rings. The average molecular weight is 369 g/mol. The number of anilines is 1. The van der Waals surface area contributed by atoms with Crippen molar-refractivity contribution in [3.05, 3.63) is 23.9 Å². The number of nitrogens with one attached hydrogen (secondary N) is 1. The summed E-state index contributed by atoms with van der Waals surface area (Å²) in [4.78, 5) is 35.6. The van der Waals surface area contributed by atoms with Gasteiger partial charge in [0.1, 0.15) is 5.82 Å². The maximum atomic E-state index is 13.1. The number of aromatic nitrogens is 1. The Labute approximate surface area is 160 Å². The summed E-state index contributed by atoms with van der Waals surface area (Å²) in [5.74, 6) is 3.16. The van der Waals surface area contributed by atoms with Crippen molar-refractivity contribution in [1.29, 1.82) is 0 Å². The van der Waals surface area contributed by atoms with Crippen LogP contribution in [-0.4, -0.2) is 79.0 Å². The van der Waals surface area contributed by atoms with Gasteiger partial charge in [-0.2, -0.15) is 0 Å². The van der Waals surface area contributed by atoms with Crippen LogP contribution >= 0.6 is 0 Å². The van der Waals surface area contributed by atoms with Gasteiger partial charge in [0.25, 0.3) is 5.91 Å². The molecule has 0 aromatic carbocycles. The number of carbonyl (C=O) groups excluding carboxylic acids is 2. The second kappa shape index (κ2) is 9.38. The van der Waals surface area contributed by atoms with E-state index in [1.807, 2.05) is 17.0 Å². The van der Waals surface area contributed by atoms with Gasteiger partial charge in [-0.3, -0.25) is 14.5 Å². The molecule has 1 aromatic rings. The van der Waals surface area contributed by atoms with Gasteiger partial charge < -0.3 is 15.1 Å². The lowest BCUT2D eigenvalue weighted by Crippen LogP contribution is -2.40. The van der Waals surface area contributed by atoms with Crippen molar-refractivity contribution in [2.24, 2.45) is 0 Å². The fourth-order valence-corrected chi connectivity index (χ4v) is 3.66. The lowest BCUT2D eigenvalue weighted by molar-refractivity contribution is -0.121. The molecule has 0 bridgehead atoms. The van der Waals surface area contributed by atoms with Crippen LogP contribution in [0.3, 0.4) is 0 Å². The van der Waals surface area contributed by atoms with E-state index in [1.165, 1.54) is 0 Å². The molecule has 0 spiro atoms. The van der Waals surface area contributed by atoms with Crippen molar-refractivity contribution in [2.45, 2.75) is 19.3 Å². The van der Waals surface area contributed by atoms with Crippen LogP contribution in [0, 0.1) is 12.3 Å². The summed E-state index contributed by atoms with van der Waals surface area (Å²) in [5, 5.41) is 2.69. The summed E-state index contributed by atoms with van der Waals surface area (Å²) in [5.41, 5.74) is 0.680. The summed E-state index contributed by atoms with van der Waals surface area (Å²) < 4.78 is 0. The van der Waals surface area contributed by atoms with E-state index in [0.717, 1.165) is 44.7 Å². The molecule has 7 heteroatoms. The number of rotatable bonds is 5.